The molecule has 0 fully saturated rings. The number of nitrogens with one attached hydrogen (secondary N) is 2. The fraction of sp³-hybridized carbons (Fsp3) is 1.00. The Hall–Kier alpha value is -0.240. The van der Waals surface area contributed by atoms with Gasteiger partial charge in [-0.15, -0.1) is 0 Å². The number of likely N-dealkylation sites (N-methyl/N-ethyl adjacent to an activating group) is 1. The van der Waals surface area contributed by atoms with Crippen LogP contribution in [-0.4, -0.2) is 37.4 Å². The molecule has 0 radical (unpaired) electrons. The summed E-state index contributed by atoms with van der Waals surface area (Å²) in [7, 11) is 2.73. The smallest absolute Gasteiger partial charge is 0.0231 e. The van der Waals surface area contributed by atoms with Crippen LogP contribution in [0.3, 0.4) is 0 Å². The average molecular weight is 148 g/mol. The predicted molar refractivity (Wildman–Crippen MR) is 38.3 cm³/mol. The molecule has 0 spiro atoms. The van der Waals surface area contributed by atoms with Crippen LogP contribution in [-0.2, 0) is 0 Å². The van der Waals surface area contributed by atoms with Gasteiger partial charge in [0.05, 0.1) is 0 Å². The highest BCUT2D eigenvalue weighted by Crippen LogP contribution is 1.70. The van der Waals surface area contributed by atoms with Crippen LogP contribution in [0.4, 0.5) is 0 Å². The molecule has 0 bridgehead atoms. The van der Waals surface area contributed by atoms with Gasteiger partial charge in [0.2, 0.25) is 0 Å². The van der Waals surface area contributed by atoms with Gasteiger partial charge in [-0.1, -0.05) is 0 Å². The zero-order valence-corrected chi connectivity index (χ0v) is 6.13. The summed E-state index contributed by atoms with van der Waals surface area (Å²) in [4.78, 5) is 0. The minimum Gasteiger partial charge on any atom is -0.785 e. The second-order valence-corrected chi connectivity index (χ2v) is 1.89. The molecule has 0 unspecified atom stereocenters. The van der Waals surface area contributed by atoms with E-state index < -0.39 is 0 Å². The summed E-state index contributed by atoms with van der Waals surface area (Å²) in [6.07, 6.45) is 0. The van der Waals surface area contributed by atoms with Gasteiger partial charge >= 0.3 is 0 Å². The quantitative estimate of drug-likeness (QED) is 0.379. The summed E-state index contributed by atoms with van der Waals surface area (Å²) in [6, 6.07) is 0. The molecule has 0 aliphatic heterocycles. The molecule has 10 heavy (non-hydrogen) atoms. The number of rotatable bonds is 5. The highest BCUT2D eigenvalue weighted by molar-refractivity contribution is 4.49. The van der Waals surface area contributed by atoms with E-state index in [9.17, 15) is 10.4 Å². The highest BCUT2D eigenvalue weighted by Gasteiger charge is 1.82. The number of hydrazine groups is 2. The number of hydrogen-bond donors (Lipinski definition) is 2. The third kappa shape index (κ3) is 7.76. The van der Waals surface area contributed by atoms with Crippen LogP contribution < -0.4 is 11.0 Å². The summed E-state index contributed by atoms with van der Waals surface area (Å²) in [6.45, 7) is 0.785. The van der Waals surface area contributed by atoms with Gasteiger partial charge in [0.1, 0.15) is 0 Å². The maximum atomic E-state index is 10.2. The topological polar surface area (TPSA) is 76.7 Å². The van der Waals surface area contributed by atoms with Crippen molar-refractivity contribution in [1.29, 1.82) is 0 Å². The van der Waals surface area contributed by atoms with Crippen LogP contribution in [0.5, 0.6) is 0 Å². The summed E-state index contributed by atoms with van der Waals surface area (Å²) >= 11 is 0. The Morgan fingerprint density at radius 2 is 1.90 bits per heavy atom. The van der Waals surface area contributed by atoms with E-state index in [1.165, 1.54) is 14.1 Å². The summed E-state index contributed by atoms with van der Waals surface area (Å²) in [5.74, 6) is 0. The Bertz CT molecular complexity index is 67.7. The number of hydroxylamine groups is 3. The van der Waals surface area contributed by atoms with Crippen molar-refractivity contribution in [3.63, 3.8) is 0 Å². The first-order valence-corrected chi connectivity index (χ1v) is 2.90. The molecule has 0 aromatic carbocycles. The van der Waals surface area contributed by atoms with Crippen LogP contribution in [0.1, 0.15) is 0 Å². The fourth-order valence-electron chi connectivity index (χ4n) is 0.381. The van der Waals surface area contributed by atoms with E-state index in [2.05, 4.69) is 11.0 Å². The van der Waals surface area contributed by atoms with E-state index in [-0.39, 0.29) is 0 Å². The Balaban J connectivity index is 2.91. The van der Waals surface area contributed by atoms with Crippen LogP contribution in [0.2, 0.25) is 0 Å². The van der Waals surface area contributed by atoms with Crippen molar-refractivity contribution in [2.24, 2.45) is 0 Å². The molecule has 0 rings (SSSR count). The molecule has 2 N–H and O–H groups in total. The Morgan fingerprint density at radius 1 is 1.30 bits per heavy atom. The molecule has 0 aromatic rings. The molecule has 0 aromatic heterocycles. The molecule has 0 saturated carbocycles. The molecule has 62 valence electrons. The molecular weight excluding hydrogens is 136 g/mol. The van der Waals surface area contributed by atoms with Gasteiger partial charge < -0.3 is 20.6 Å². The fourth-order valence-corrected chi connectivity index (χ4v) is 0.381. The Kier molecular flexibility index (Phi) is 5.40. The van der Waals surface area contributed by atoms with Crippen LogP contribution in [0, 0.1) is 10.4 Å². The maximum Gasteiger partial charge on any atom is 0.0231 e. The van der Waals surface area contributed by atoms with Crippen molar-refractivity contribution in [2.75, 3.05) is 27.2 Å². The van der Waals surface area contributed by atoms with Gasteiger partial charge in [-0.3, -0.25) is 0 Å². The maximum absolute atomic E-state index is 10.2. The summed E-state index contributed by atoms with van der Waals surface area (Å²) in [5, 5.41) is 21.7. The molecule has 0 amide bonds. The Labute approximate surface area is 59.9 Å². The lowest BCUT2D eigenvalue weighted by atomic mass is 10.6. The second-order valence-electron chi connectivity index (χ2n) is 1.89. The molecule has 0 heterocycles. The van der Waals surface area contributed by atoms with E-state index in [0.717, 1.165) is 5.06 Å². The van der Waals surface area contributed by atoms with Gasteiger partial charge in [0.15, 0.2) is 0 Å². The average Bonchev–Trinajstić information content (AvgIpc) is 1.79. The zero-order valence-electron chi connectivity index (χ0n) is 6.13. The van der Waals surface area contributed by atoms with Crippen molar-refractivity contribution >= 4 is 0 Å². The third-order valence-electron chi connectivity index (χ3n) is 0.788. The molecule has 0 aliphatic carbocycles. The molecule has 6 nitrogen and oxygen atoms in total. The third-order valence-corrected chi connectivity index (χ3v) is 0.788. The van der Waals surface area contributed by atoms with Gasteiger partial charge in [-0.05, 0) is 20.6 Å². The minimum atomic E-state index is 0.348. The summed E-state index contributed by atoms with van der Waals surface area (Å²) in [5.41, 5.74) is 4.80. The van der Waals surface area contributed by atoms with Crippen molar-refractivity contribution < 1.29 is 0 Å². The number of nitrogens with zero attached hydrogens (tertiary/aromatic N) is 2. The molecule has 0 atom stereocenters. The monoisotopic (exact) mass is 148 g/mol. The first-order valence-electron chi connectivity index (χ1n) is 2.90. The second kappa shape index (κ2) is 5.54. The minimum absolute atomic E-state index is 0.348. The number of hydrogen-bond acceptors (Lipinski definition) is 6. The van der Waals surface area contributed by atoms with Crippen molar-refractivity contribution in [3.05, 3.63) is 10.4 Å². The van der Waals surface area contributed by atoms with E-state index >= 15 is 0 Å². The highest BCUT2D eigenvalue weighted by atomic mass is 16.5. The van der Waals surface area contributed by atoms with Crippen molar-refractivity contribution in [1.82, 2.24) is 21.2 Å². The van der Waals surface area contributed by atoms with Crippen LogP contribution in [0.25, 0.3) is 0 Å². The Morgan fingerprint density at radius 3 is 2.30 bits per heavy atom. The summed E-state index contributed by atoms with van der Waals surface area (Å²) < 4.78 is 0. The van der Waals surface area contributed by atoms with Crippen molar-refractivity contribution in [3.8, 4) is 0 Å². The lowest BCUT2D eigenvalue weighted by Gasteiger charge is -2.26. The van der Waals surface area contributed by atoms with Gasteiger partial charge in [0, 0.05) is 6.54 Å². The van der Waals surface area contributed by atoms with Gasteiger partial charge in [-0.2, -0.15) is 0 Å². The first kappa shape index (κ1) is 9.76. The van der Waals surface area contributed by atoms with Gasteiger partial charge in [-0.25, -0.2) is 11.0 Å². The molecule has 0 aliphatic rings. The van der Waals surface area contributed by atoms with E-state index in [0.29, 0.717) is 18.3 Å². The lowest BCUT2D eigenvalue weighted by molar-refractivity contribution is 0.260. The predicted octanol–water partition coefficient (Wildman–Crippen LogP) is -1.15. The van der Waals surface area contributed by atoms with E-state index in [1.54, 1.807) is 0 Å². The van der Waals surface area contributed by atoms with Crippen LogP contribution >= 0.6 is 0 Å². The lowest BCUT2D eigenvalue weighted by Crippen LogP contribution is -2.43. The SMILES string of the molecule is CN([O-])CCNNN(C)[O-]. The van der Waals surface area contributed by atoms with Gasteiger partial charge in [0.25, 0.3) is 0 Å². The normalized spacial score (nSPS) is 11.4. The molecule has 6 heteroatoms. The molecular formula is C4H12N4O2-2. The first-order chi connectivity index (χ1) is 4.63. The largest absolute Gasteiger partial charge is 0.785 e. The zero-order chi connectivity index (χ0) is 7.98. The van der Waals surface area contributed by atoms with E-state index in [1.807, 2.05) is 0 Å². The molecule has 0 saturated heterocycles. The van der Waals surface area contributed by atoms with Crippen molar-refractivity contribution in [2.45, 2.75) is 0 Å². The van der Waals surface area contributed by atoms with Crippen LogP contribution in [0.15, 0.2) is 0 Å². The standard InChI is InChI=1S/C4H12N4O2/c1-7(9)4-3-5-6-8(2)10/h5-6H,3-4H2,1-2H3/q-2. The van der Waals surface area contributed by atoms with E-state index in [4.69, 9.17) is 0 Å².